The van der Waals surface area contributed by atoms with Crippen LogP contribution in [0.3, 0.4) is 0 Å². The van der Waals surface area contributed by atoms with Crippen LogP contribution in [0.1, 0.15) is 12.5 Å². The Bertz CT molecular complexity index is 641. The fourth-order valence-electron chi connectivity index (χ4n) is 1.70. The highest BCUT2D eigenvalue weighted by molar-refractivity contribution is 7.71. The first kappa shape index (κ1) is 14.7. The maximum absolute atomic E-state index is 6.21. The summed E-state index contributed by atoms with van der Waals surface area (Å²) in [7, 11) is 1.58. The molecule has 1 heterocycles. The first-order valence-electron chi connectivity index (χ1n) is 6.00. The number of nitrogens with one attached hydrogen (secondary N) is 2. The molecule has 0 spiro atoms. The van der Waals surface area contributed by atoms with Crippen molar-refractivity contribution >= 4 is 23.8 Å². The Hall–Kier alpha value is -1.73. The number of hydrogen-bond acceptors (Lipinski definition) is 5. The molecule has 8 heteroatoms. The number of ether oxygens (including phenoxy) is 2. The summed E-state index contributed by atoms with van der Waals surface area (Å²) in [6.45, 7) is 2.94. The van der Waals surface area contributed by atoms with Crippen LogP contribution in [0, 0.1) is 4.77 Å². The SMILES string of the molecule is CCOc1c(Cl)cc(CNn2cn[nH]c2=S)cc1OC. The number of benzene rings is 1. The van der Waals surface area contributed by atoms with Crippen molar-refractivity contribution in [3.63, 3.8) is 0 Å². The first-order chi connectivity index (χ1) is 9.65. The van der Waals surface area contributed by atoms with E-state index in [9.17, 15) is 0 Å². The largest absolute Gasteiger partial charge is 0.493 e. The van der Waals surface area contributed by atoms with Gasteiger partial charge in [-0.25, -0.2) is 4.68 Å². The van der Waals surface area contributed by atoms with Crippen molar-refractivity contribution in [1.82, 2.24) is 14.9 Å². The van der Waals surface area contributed by atoms with Crippen molar-refractivity contribution < 1.29 is 9.47 Å². The molecule has 6 nitrogen and oxygen atoms in total. The second-order valence-electron chi connectivity index (χ2n) is 3.91. The minimum absolute atomic E-state index is 0.494. The van der Waals surface area contributed by atoms with Gasteiger partial charge in [-0.05, 0) is 36.8 Å². The summed E-state index contributed by atoms with van der Waals surface area (Å²) >= 11 is 11.2. The quantitative estimate of drug-likeness (QED) is 0.803. The van der Waals surface area contributed by atoms with Gasteiger partial charge in [0.1, 0.15) is 6.33 Å². The molecule has 0 fully saturated rings. The second-order valence-corrected chi connectivity index (χ2v) is 4.70. The summed E-state index contributed by atoms with van der Waals surface area (Å²) in [6, 6.07) is 3.69. The molecule has 20 heavy (non-hydrogen) atoms. The second kappa shape index (κ2) is 6.62. The molecule has 2 rings (SSSR count). The van der Waals surface area contributed by atoms with Crippen molar-refractivity contribution in [1.29, 1.82) is 0 Å². The summed E-state index contributed by atoms with van der Waals surface area (Å²) in [6.07, 6.45) is 1.57. The number of aromatic nitrogens is 3. The van der Waals surface area contributed by atoms with Crippen LogP contribution < -0.4 is 14.9 Å². The van der Waals surface area contributed by atoms with Crippen LogP contribution >= 0.6 is 23.8 Å². The summed E-state index contributed by atoms with van der Waals surface area (Å²) in [4.78, 5) is 0. The van der Waals surface area contributed by atoms with Gasteiger partial charge in [0.2, 0.25) is 4.77 Å². The molecule has 1 aromatic heterocycles. The zero-order chi connectivity index (χ0) is 14.5. The summed E-state index contributed by atoms with van der Waals surface area (Å²) in [5.74, 6) is 1.16. The lowest BCUT2D eigenvalue weighted by molar-refractivity contribution is 0.311. The molecule has 0 aliphatic heterocycles. The molecule has 0 bridgehead atoms. The van der Waals surface area contributed by atoms with E-state index in [1.54, 1.807) is 18.1 Å². The number of hydrogen-bond donors (Lipinski definition) is 2. The maximum Gasteiger partial charge on any atom is 0.214 e. The molecule has 2 aromatic rings. The molecular formula is C12H15ClN4O2S. The number of halogens is 1. The third kappa shape index (κ3) is 3.23. The van der Waals surface area contributed by atoms with E-state index < -0.39 is 0 Å². The highest BCUT2D eigenvalue weighted by atomic mass is 35.5. The molecule has 0 saturated carbocycles. The molecule has 0 radical (unpaired) electrons. The van der Waals surface area contributed by atoms with E-state index in [-0.39, 0.29) is 0 Å². The van der Waals surface area contributed by atoms with Gasteiger partial charge in [-0.15, -0.1) is 0 Å². The van der Waals surface area contributed by atoms with Gasteiger partial charge in [0, 0.05) is 0 Å². The van der Waals surface area contributed by atoms with Gasteiger partial charge in [0.15, 0.2) is 11.5 Å². The molecule has 0 aliphatic rings. The van der Waals surface area contributed by atoms with Crippen LogP contribution in [0.15, 0.2) is 18.5 Å². The van der Waals surface area contributed by atoms with Crippen molar-refractivity contribution in [3.8, 4) is 11.5 Å². The van der Waals surface area contributed by atoms with E-state index in [2.05, 4.69) is 15.6 Å². The molecule has 2 N–H and O–H groups in total. The Morgan fingerprint density at radius 2 is 2.30 bits per heavy atom. The molecule has 1 aromatic carbocycles. The van der Waals surface area contributed by atoms with E-state index >= 15 is 0 Å². The molecule has 108 valence electrons. The Morgan fingerprint density at radius 3 is 2.90 bits per heavy atom. The summed E-state index contributed by atoms with van der Waals surface area (Å²) < 4.78 is 12.9. The predicted octanol–water partition coefficient (Wildman–Crippen LogP) is 2.75. The van der Waals surface area contributed by atoms with Gasteiger partial charge in [0.25, 0.3) is 0 Å². The average molecular weight is 315 g/mol. The Morgan fingerprint density at radius 1 is 1.50 bits per heavy atom. The van der Waals surface area contributed by atoms with Gasteiger partial charge in [0.05, 0.1) is 25.3 Å². The third-order valence-corrected chi connectivity index (χ3v) is 3.15. The Kier molecular flexibility index (Phi) is 4.86. The van der Waals surface area contributed by atoms with E-state index in [1.165, 1.54) is 0 Å². The highest BCUT2D eigenvalue weighted by Gasteiger charge is 2.11. The lowest BCUT2D eigenvalue weighted by atomic mass is 10.2. The van der Waals surface area contributed by atoms with Crippen LogP contribution in [0.2, 0.25) is 5.02 Å². The molecule has 0 unspecified atom stereocenters. The van der Waals surface area contributed by atoms with Crippen molar-refractivity contribution in [2.24, 2.45) is 0 Å². The standard InChI is InChI=1S/C12H15ClN4O2S/c1-3-19-11-9(13)4-8(5-10(11)18-2)6-15-17-7-14-16-12(17)20/h4-5,7,15H,3,6H2,1-2H3,(H,16,20). The van der Waals surface area contributed by atoms with Crippen molar-refractivity contribution in [2.75, 3.05) is 19.1 Å². The van der Waals surface area contributed by atoms with Crippen LogP contribution in [0.25, 0.3) is 0 Å². The van der Waals surface area contributed by atoms with E-state index in [1.807, 2.05) is 19.1 Å². The maximum atomic E-state index is 6.21. The first-order valence-corrected chi connectivity index (χ1v) is 6.79. The number of rotatable bonds is 6. The minimum Gasteiger partial charge on any atom is -0.493 e. The number of nitrogens with zero attached hydrogens (tertiary/aromatic N) is 2. The lowest BCUT2D eigenvalue weighted by Gasteiger charge is -2.14. The Balaban J connectivity index is 2.18. The number of methoxy groups -OCH3 is 1. The van der Waals surface area contributed by atoms with Gasteiger partial charge >= 0.3 is 0 Å². The number of aromatic amines is 1. The van der Waals surface area contributed by atoms with Gasteiger partial charge in [-0.1, -0.05) is 11.6 Å². The molecular weight excluding hydrogens is 300 g/mol. The minimum atomic E-state index is 0.494. The van der Waals surface area contributed by atoms with E-state index in [4.69, 9.17) is 33.3 Å². The monoisotopic (exact) mass is 314 g/mol. The average Bonchev–Trinajstić information content (AvgIpc) is 2.84. The van der Waals surface area contributed by atoms with E-state index in [0.717, 1.165) is 5.56 Å². The van der Waals surface area contributed by atoms with Crippen molar-refractivity contribution in [2.45, 2.75) is 13.5 Å². The van der Waals surface area contributed by atoms with E-state index in [0.29, 0.717) is 34.4 Å². The van der Waals surface area contributed by atoms with Crippen LogP contribution in [0.5, 0.6) is 11.5 Å². The smallest absolute Gasteiger partial charge is 0.214 e. The normalized spacial score (nSPS) is 10.3. The van der Waals surface area contributed by atoms with Gasteiger partial charge in [-0.3, -0.25) is 5.10 Å². The van der Waals surface area contributed by atoms with Gasteiger partial charge in [-0.2, -0.15) is 5.10 Å². The molecule has 0 atom stereocenters. The molecule has 0 saturated heterocycles. The number of H-pyrrole nitrogens is 1. The topological polar surface area (TPSA) is 64.1 Å². The zero-order valence-corrected chi connectivity index (χ0v) is 12.7. The highest BCUT2D eigenvalue weighted by Crippen LogP contribution is 2.36. The fourth-order valence-corrected chi connectivity index (χ4v) is 2.15. The van der Waals surface area contributed by atoms with Gasteiger partial charge < -0.3 is 14.9 Å². The fraction of sp³-hybridized carbons (Fsp3) is 0.333. The van der Waals surface area contributed by atoms with Crippen LogP contribution in [-0.4, -0.2) is 28.6 Å². The summed E-state index contributed by atoms with van der Waals surface area (Å²) in [5, 5.41) is 7.00. The van der Waals surface area contributed by atoms with Crippen LogP contribution in [0.4, 0.5) is 0 Å². The lowest BCUT2D eigenvalue weighted by Crippen LogP contribution is -2.13. The molecule has 0 aliphatic carbocycles. The van der Waals surface area contributed by atoms with Crippen LogP contribution in [-0.2, 0) is 6.54 Å². The zero-order valence-electron chi connectivity index (χ0n) is 11.1. The Labute approximate surface area is 126 Å². The third-order valence-electron chi connectivity index (χ3n) is 2.58. The summed E-state index contributed by atoms with van der Waals surface area (Å²) in [5.41, 5.74) is 4.05. The predicted molar refractivity (Wildman–Crippen MR) is 79.6 cm³/mol. The molecule has 0 amide bonds. The van der Waals surface area contributed by atoms with Crippen molar-refractivity contribution in [3.05, 3.63) is 33.8 Å².